The van der Waals surface area contributed by atoms with Crippen LogP contribution >= 0.6 is 12.4 Å². The van der Waals surface area contributed by atoms with Gasteiger partial charge in [-0.3, -0.25) is 0 Å². The lowest BCUT2D eigenvalue weighted by molar-refractivity contribution is 0.572. The minimum absolute atomic E-state index is 0. The van der Waals surface area contributed by atoms with Gasteiger partial charge in [-0.05, 0) is 28.0 Å². The summed E-state index contributed by atoms with van der Waals surface area (Å²) >= 11 is 0. The second-order valence-corrected chi connectivity index (χ2v) is 4.03. The van der Waals surface area contributed by atoms with Crippen LogP contribution in [0.2, 0.25) is 0 Å². The minimum Gasteiger partial charge on any atom is -0.160 e. The molecule has 0 atom stereocenters. The molecule has 0 spiro atoms. The summed E-state index contributed by atoms with van der Waals surface area (Å²) in [4.78, 5) is 1.57. The number of rotatable bonds is 3. The van der Waals surface area contributed by atoms with Crippen LogP contribution in [-0.4, -0.2) is 20.2 Å². The van der Waals surface area contributed by atoms with Crippen LogP contribution in [0.1, 0.15) is 5.56 Å². The molecule has 0 aliphatic heterocycles. The van der Waals surface area contributed by atoms with Crippen molar-refractivity contribution in [2.24, 2.45) is 0 Å². The van der Waals surface area contributed by atoms with Crippen molar-refractivity contribution in [3.63, 3.8) is 0 Å². The maximum absolute atomic E-state index is 4.01. The monoisotopic (exact) mass is 272 g/mol. The van der Waals surface area contributed by atoms with Crippen LogP contribution in [0.3, 0.4) is 0 Å². The maximum atomic E-state index is 4.01. The van der Waals surface area contributed by atoms with Crippen LogP contribution in [0, 0.1) is 0 Å². The Labute approximate surface area is 117 Å². The fraction of sp³-hybridized carbons (Fsp3) is 0.0714. The molecule has 3 rings (SSSR count). The van der Waals surface area contributed by atoms with E-state index >= 15 is 0 Å². The third-order valence-corrected chi connectivity index (χ3v) is 2.75. The van der Waals surface area contributed by atoms with Crippen LogP contribution in [0.15, 0.2) is 60.9 Å². The van der Waals surface area contributed by atoms with Gasteiger partial charge in [0.2, 0.25) is 0 Å². The van der Waals surface area contributed by atoms with Gasteiger partial charge in [-0.25, -0.2) is 0 Å². The first-order chi connectivity index (χ1) is 8.92. The Kier molecular flexibility index (Phi) is 4.26. The highest BCUT2D eigenvalue weighted by Crippen LogP contribution is 2.20. The zero-order valence-electron chi connectivity index (χ0n) is 10.2. The molecule has 4 nitrogen and oxygen atoms in total. The molecular weight excluding hydrogens is 260 g/mol. The van der Waals surface area contributed by atoms with Crippen molar-refractivity contribution in [2.75, 3.05) is 0 Å². The van der Waals surface area contributed by atoms with Crippen LogP contribution in [0.25, 0.3) is 11.1 Å². The summed E-state index contributed by atoms with van der Waals surface area (Å²) in [6.07, 6.45) is 1.45. The third-order valence-electron chi connectivity index (χ3n) is 2.75. The molecule has 3 aromatic rings. The first-order valence-electron chi connectivity index (χ1n) is 5.77. The zero-order chi connectivity index (χ0) is 12.2. The van der Waals surface area contributed by atoms with Gasteiger partial charge in [-0.1, -0.05) is 48.5 Å². The quantitative estimate of drug-likeness (QED) is 0.736. The zero-order valence-corrected chi connectivity index (χ0v) is 11.0. The van der Waals surface area contributed by atoms with Gasteiger partial charge in [-0.2, -0.15) is 4.80 Å². The summed E-state index contributed by atoms with van der Waals surface area (Å²) in [7, 11) is 0. The van der Waals surface area contributed by atoms with E-state index in [1.54, 1.807) is 4.80 Å². The lowest BCUT2D eigenvalue weighted by atomic mass is 10.0. The van der Waals surface area contributed by atoms with Gasteiger partial charge in [0.05, 0.1) is 6.54 Å². The molecule has 0 amide bonds. The molecule has 0 aliphatic carbocycles. The van der Waals surface area contributed by atoms with Gasteiger partial charge in [0.1, 0.15) is 0 Å². The number of aromatic nitrogens is 4. The van der Waals surface area contributed by atoms with Crippen LogP contribution in [-0.2, 0) is 6.54 Å². The fourth-order valence-electron chi connectivity index (χ4n) is 1.90. The standard InChI is InChI=1S/C14H12N4.ClH/c1-2-6-13(7-3-1)14-8-4-5-12(9-14)10-18-16-11-15-17-18;/h1-9,11H,10H2;1H. The largest absolute Gasteiger partial charge is 0.162 e. The molecule has 1 aromatic heterocycles. The van der Waals surface area contributed by atoms with Crippen molar-refractivity contribution in [3.05, 3.63) is 66.5 Å². The van der Waals surface area contributed by atoms with E-state index in [2.05, 4.69) is 51.8 Å². The van der Waals surface area contributed by atoms with E-state index in [0.717, 1.165) is 5.56 Å². The lowest BCUT2D eigenvalue weighted by Gasteiger charge is -2.04. The second-order valence-electron chi connectivity index (χ2n) is 4.03. The van der Waals surface area contributed by atoms with Crippen molar-refractivity contribution in [1.29, 1.82) is 0 Å². The van der Waals surface area contributed by atoms with Crippen LogP contribution < -0.4 is 0 Å². The average Bonchev–Trinajstić information content (AvgIpc) is 2.93. The van der Waals surface area contributed by atoms with E-state index in [9.17, 15) is 0 Å². The molecule has 0 bridgehead atoms. The molecule has 0 aliphatic rings. The summed E-state index contributed by atoms with van der Waals surface area (Å²) in [5.74, 6) is 0. The summed E-state index contributed by atoms with van der Waals surface area (Å²) in [6, 6.07) is 18.7. The van der Waals surface area contributed by atoms with Gasteiger partial charge >= 0.3 is 0 Å². The number of benzene rings is 2. The lowest BCUT2D eigenvalue weighted by Crippen LogP contribution is -2.03. The molecule has 96 valence electrons. The van der Waals surface area contributed by atoms with Crippen molar-refractivity contribution in [1.82, 2.24) is 20.2 Å². The van der Waals surface area contributed by atoms with Crippen LogP contribution in [0.5, 0.6) is 0 Å². The maximum Gasteiger partial charge on any atom is 0.162 e. The molecule has 1 heterocycles. The molecule has 2 aromatic carbocycles. The van der Waals surface area contributed by atoms with Gasteiger partial charge in [-0.15, -0.1) is 22.6 Å². The first-order valence-corrected chi connectivity index (χ1v) is 5.77. The van der Waals surface area contributed by atoms with Gasteiger partial charge in [0, 0.05) is 0 Å². The average molecular weight is 273 g/mol. The predicted molar refractivity (Wildman–Crippen MR) is 76.0 cm³/mol. The van der Waals surface area contributed by atoms with Crippen molar-refractivity contribution >= 4 is 12.4 Å². The Morgan fingerprint density at radius 2 is 1.68 bits per heavy atom. The Morgan fingerprint density at radius 1 is 0.895 bits per heavy atom. The smallest absolute Gasteiger partial charge is 0.160 e. The predicted octanol–water partition coefficient (Wildman–Crippen LogP) is 2.81. The molecule has 0 N–H and O–H groups in total. The Bertz CT molecular complexity index is 623. The normalized spacial score (nSPS) is 9.89. The first kappa shape index (κ1) is 13.2. The number of hydrogen-bond donors (Lipinski definition) is 0. The molecular formula is C14H13ClN4. The Hall–Kier alpha value is -2.20. The topological polar surface area (TPSA) is 43.6 Å². The highest BCUT2D eigenvalue weighted by atomic mass is 35.5. The molecule has 0 fully saturated rings. The summed E-state index contributed by atoms with van der Waals surface area (Å²) in [6.45, 7) is 0.640. The van der Waals surface area contributed by atoms with E-state index < -0.39 is 0 Å². The van der Waals surface area contributed by atoms with E-state index in [0.29, 0.717) is 6.54 Å². The summed E-state index contributed by atoms with van der Waals surface area (Å²) < 4.78 is 0. The molecule has 0 unspecified atom stereocenters. The highest BCUT2D eigenvalue weighted by molar-refractivity contribution is 5.85. The number of nitrogens with zero attached hydrogens (tertiary/aromatic N) is 4. The Morgan fingerprint density at radius 3 is 2.42 bits per heavy atom. The van der Waals surface area contributed by atoms with Gasteiger partial charge < -0.3 is 0 Å². The molecule has 0 saturated carbocycles. The molecule has 19 heavy (non-hydrogen) atoms. The minimum atomic E-state index is 0. The van der Waals surface area contributed by atoms with Gasteiger partial charge in [0.25, 0.3) is 0 Å². The van der Waals surface area contributed by atoms with E-state index in [4.69, 9.17) is 0 Å². The van der Waals surface area contributed by atoms with Crippen LogP contribution in [0.4, 0.5) is 0 Å². The van der Waals surface area contributed by atoms with Crippen molar-refractivity contribution in [3.8, 4) is 11.1 Å². The number of halogens is 1. The summed E-state index contributed by atoms with van der Waals surface area (Å²) in [5, 5.41) is 11.6. The molecule has 0 radical (unpaired) electrons. The van der Waals surface area contributed by atoms with E-state index in [-0.39, 0.29) is 12.4 Å². The molecule has 0 saturated heterocycles. The van der Waals surface area contributed by atoms with E-state index in [1.807, 2.05) is 18.2 Å². The second kappa shape index (κ2) is 6.11. The van der Waals surface area contributed by atoms with Crippen molar-refractivity contribution in [2.45, 2.75) is 6.54 Å². The molecule has 5 heteroatoms. The van der Waals surface area contributed by atoms with Gasteiger partial charge in [0.15, 0.2) is 6.33 Å². The third kappa shape index (κ3) is 3.17. The van der Waals surface area contributed by atoms with E-state index in [1.165, 1.54) is 17.5 Å². The summed E-state index contributed by atoms with van der Waals surface area (Å²) in [5.41, 5.74) is 3.58. The Balaban J connectivity index is 0.00000133. The fourth-order valence-corrected chi connectivity index (χ4v) is 1.90. The SMILES string of the molecule is Cl.c1ccc(-c2cccc(Cn3ncnn3)c2)cc1. The highest BCUT2D eigenvalue weighted by Gasteiger charge is 2.00. The number of hydrogen-bond acceptors (Lipinski definition) is 3. The number of tetrazole rings is 1. The van der Waals surface area contributed by atoms with Crippen molar-refractivity contribution < 1.29 is 0 Å².